The molecule has 0 unspecified atom stereocenters. The Morgan fingerprint density at radius 1 is 0.545 bits per heavy atom. The maximum atomic E-state index is 12.2. The van der Waals surface area contributed by atoms with Crippen molar-refractivity contribution < 1.29 is 62.6 Å². The molecule has 2 N–H and O–H groups in total. The highest BCUT2D eigenvalue weighted by atomic mass is 19.1. The van der Waals surface area contributed by atoms with E-state index in [4.69, 9.17) is 9.84 Å². The Kier molecular flexibility index (Phi) is 19.9. The van der Waals surface area contributed by atoms with Gasteiger partial charge in [-0.2, -0.15) is 0 Å². The van der Waals surface area contributed by atoms with Gasteiger partial charge in [0.2, 0.25) is 0 Å². The number of nitro groups is 4. The number of halogens is 1. The summed E-state index contributed by atoms with van der Waals surface area (Å²) in [6.45, 7) is 0. The van der Waals surface area contributed by atoms with Crippen molar-refractivity contribution in [3.05, 3.63) is 241 Å². The van der Waals surface area contributed by atoms with Crippen molar-refractivity contribution in [1.29, 1.82) is 0 Å². The van der Waals surface area contributed by atoms with E-state index in [0.29, 0.717) is 28.5 Å². The van der Waals surface area contributed by atoms with E-state index in [2.05, 4.69) is 39.4 Å². The molecule has 0 amide bonds. The molecule has 392 valence electrons. The van der Waals surface area contributed by atoms with Gasteiger partial charge in [-0.25, -0.2) is 43.5 Å². The molecule has 0 aliphatic rings. The summed E-state index contributed by atoms with van der Waals surface area (Å²) in [6, 6.07) is 25.7. The van der Waals surface area contributed by atoms with Crippen LogP contribution in [0, 0.1) is 46.3 Å². The quantitative estimate of drug-likeness (QED) is 0.0684. The van der Waals surface area contributed by atoms with Crippen molar-refractivity contribution in [1.82, 2.24) is 43.6 Å². The van der Waals surface area contributed by atoms with Crippen LogP contribution in [-0.4, -0.2) is 107 Å². The number of ether oxygens (including phenoxy) is 3. The van der Waals surface area contributed by atoms with E-state index < -0.39 is 49.4 Å². The lowest BCUT2D eigenvalue weighted by Gasteiger charge is -2.01. The SMILES string of the molecule is COC(=O)c1cn(-c2cccc([N+](=O)[O-])c2)cn1.COC(=O)c1cnc[nH]1.O=C(O)c1cn(-c2cccc([N+](=O)[O-])c2)cn1.O=C(Oc1cccnc1)c1cn(-c2cccc([N+](=O)[O-])c2)cn1.O=[N+]([O-])c1cccc(F)c1. The molecule has 77 heavy (non-hydrogen) atoms. The first kappa shape index (κ1) is 56.2. The van der Waals surface area contributed by atoms with Gasteiger partial charge in [-0.3, -0.25) is 45.4 Å². The molecule has 0 fully saturated rings. The maximum Gasteiger partial charge on any atom is 0.363 e. The Labute approximate surface area is 429 Å². The normalized spacial score (nSPS) is 9.91. The third-order valence-corrected chi connectivity index (χ3v) is 9.35. The smallest absolute Gasteiger partial charge is 0.363 e. The second-order valence-corrected chi connectivity index (χ2v) is 14.4. The van der Waals surface area contributed by atoms with Gasteiger partial charge in [0.15, 0.2) is 17.1 Å². The number of nitrogens with one attached hydrogen (secondary N) is 1. The number of carbonyl (C=O) groups is 4. The molecule has 0 saturated heterocycles. The largest absolute Gasteiger partial charge is 0.476 e. The molecular formula is C47H36FN13O16. The summed E-state index contributed by atoms with van der Waals surface area (Å²) < 4.78 is 30.7. The lowest BCUT2D eigenvalue weighted by molar-refractivity contribution is -0.385. The maximum absolute atomic E-state index is 12.2. The van der Waals surface area contributed by atoms with Gasteiger partial charge in [0, 0.05) is 67.3 Å². The lowest BCUT2D eigenvalue weighted by atomic mass is 10.3. The number of pyridine rings is 1. The lowest BCUT2D eigenvalue weighted by Crippen LogP contribution is -2.09. The fraction of sp³-hybridized carbons (Fsp3) is 0.0426. The molecule has 0 radical (unpaired) electrons. The monoisotopic (exact) mass is 1060 g/mol. The molecule has 4 aromatic carbocycles. The number of carbonyl (C=O) groups excluding carboxylic acids is 3. The van der Waals surface area contributed by atoms with Gasteiger partial charge in [0.1, 0.15) is 36.2 Å². The number of aromatic carboxylic acids is 1. The Bertz CT molecular complexity index is 3530. The van der Waals surface area contributed by atoms with E-state index >= 15 is 0 Å². The molecule has 0 aliphatic carbocycles. The first-order chi connectivity index (χ1) is 36.9. The van der Waals surface area contributed by atoms with E-state index in [-0.39, 0.29) is 39.8 Å². The molecule has 0 spiro atoms. The summed E-state index contributed by atoms with van der Waals surface area (Å²) in [4.78, 5) is 106. The minimum atomic E-state index is -1.14. The number of aromatic amines is 1. The van der Waals surface area contributed by atoms with Gasteiger partial charge in [-0.05, 0) is 36.4 Å². The highest BCUT2D eigenvalue weighted by Crippen LogP contribution is 2.20. The highest BCUT2D eigenvalue weighted by molar-refractivity contribution is 5.89. The van der Waals surface area contributed by atoms with Gasteiger partial charge in [0.25, 0.3) is 22.7 Å². The van der Waals surface area contributed by atoms with E-state index in [0.717, 1.165) is 12.1 Å². The zero-order valence-electron chi connectivity index (χ0n) is 39.5. The predicted molar refractivity (Wildman–Crippen MR) is 261 cm³/mol. The number of hydrogen-bond donors (Lipinski definition) is 2. The van der Waals surface area contributed by atoms with Crippen LogP contribution < -0.4 is 4.74 Å². The number of methoxy groups -OCH3 is 2. The first-order valence-corrected chi connectivity index (χ1v) is 21.1. The van der Waals surface area contributed by atoms with Gasteiger partial charge in [-0.1, -0.05) is 24.3 Å². The topological polar surface area (TPSA) is 384 Å². The molecule has 30 heteroatoms. The number of esters is 3. The molecule has 9 rings (SSSR count). The Balaban J connectivity index is 0.000000184. The van der Waals surface area contributed by atoms with Crippen molar-refractivity contribution in [3.8, 4) is 22.8 Å². The number of benzene rings is 4. The molecule has 0 atom stereocenters. The minimum Gasteiger partial charge on any atom is -0.476 e. The summed E-state index contributed by atoms with van der Waals surface area (Å²) >= 11 is 0. The van der Waals surface area contributed by atoms with Gasteiger partial charge < -0.3 is 38.0 Å². The number of non-ortho nitro benzene ring substituents is 4. The minimum absolute atomic E-state index is 0.0270. The summed E-state index contributed by atoms with van der Waals surface area (Å²) in [5.41, 5.74) is 1.68. The zero-order chi connectivity index (χ0) is 56.0. The van der Waals surface area contributed by atoms with E-state index in [1.165, 1.54) is 139 Å². The number of nitrogens with zero attached hydrogens (tertiary/aromatic N) is 12. The van der Waals surface area contributed by atoms with Crippen LogP contribution in [0.15, 0.2) is 172 Å². The third-order valence-electron chi connectivity index (χ3n) is 9.35. The molecule has 5 heterocycles. The second kappa shape index (κ2) is 27.2. The van der Waals surface area contributed by atoms with Crippen LogP contribution in [0.2, 0.25) is 0 Å². The number of carboxylic acids is 1. The average molecular weight is 1060 g/mol. The summed E-state index contributed by atoms with van der Waals surface area (Å²) in [6.07, 6.45) is 14.1. The van der Waals surface area contributed by atoms with Crippen molar-refractivity contribution in [2.45, 2.75) is 0 Å². The van der Waals surface area contributed by atoms with Crippen LogP contribution in [0.1, 0.15) is 42.0 Å². The van der Waals surface area contributed by atoms with E-state index in [9.17, 15) is 64.0 Å². The molecule has 0 bridgehead atoms. The van der Waals surface area contributed by atoms with Crippen LogP contribution in [0.4, 0.5) is 27.1 Å². The number of rotatable bonds is 12. The molecular weight excluding hydrogens is 1020 g/mol. The van der Waals surface area contributed by atoms with Crippen molar-refractivity contribution >= 4 is 46.6 Å². The van der Waals surface area contributed by atoms with Crippen LogP contribution in [0.25, 0.3) is 17.1 Å². The third kappa shape index (κ3) is 16.7. The summed E-state index contributed by atoms with van der Waals surface area (Å²) in [7, 11) is 2.58. The molecule has 5 aromatic heterocycles. The Hall–Kier alpha value is -11.7. The number of nitro benzene ring substituents is 4. The summed E-state index contributed by atoms with van der Waals surface area (Å²) in [5, 5.41) is 50.7. The highest BCUT2D eigenvalue weighted by Gasteiger charge is 2.16. The number of imidazole rings is 4. The van der Waals surface area contributed by atoms with Crippen molar-refractivity contribution in [2.24, 2.45) is 0 Å². The first-order valence-electron chi connectivity index (χ1n) is 21.1. The van der Waals surface area contributed by atoms with Crippen LogP contribution >= 0.6 is 0 Å². The zero-order valence-corrected chi connectivity index (χ0v) is 39.5. The van der Waals surface area contributed by atoms with Crippen molar-refractivity contribution in [2.75, 3.05) is 14.2 Å². The van der Waals surface area contributed by atoms with Crippen LogP contribution in [0.5, 0.6) is 5.75 Å². The van der Waals surface area contributed by atoms with Gasteiger partial charge in [-0.15, -0.1) is 0 Å². The fourth-order valence-corrected chi connectivity index (χ4v) is 5.75. The average Bonchev–Trinajstić information content (AvgIpc) is 4.31. The van der Waals surface area contributed by atoms with Crippen LogP contribution in [0.3, 0.4) is 0 Å². The van der Waals surface area contributed by atoms with E-state index in [1.54, 1.807) is 48.7 Å². The standard InChI is InChI=1S/C15H10N4O4.C11H9N3O4.C10H7N3O4.C6H4FNO2.C5H6N2O2/c20-15(23-13-5-2-6-16-8-13)14-9-18(10-17-14)11-3-1-4-12(7-11)19(21)22;1-18-11(15)10-6-13(7-12-10)8-3-2-4-9(5-8)14(16)17;14-10(15)9-5-12(6-11-9)7-2-1-3-8(4-7)13(16)17;7-5-2-1-3-6(4-5)8(9)10;1-9-5(8)4-2-6-3-7-4/h1-10H;2-7H,1H3;1-6H,(H,14,15);1-4H;2-3H,1H3,(H,6,7). The van der Waals surface area contributed by atoms with Gasteiger partial charge >= 0.3 is 23.9 Å². The number of H-pyrrole nitrogens is 1. The summed E-state index contributed by atoms with van der Waals surface area (Å²) in [5.74, 6) is -3.01. The fourth-order valence-electron chi connectivity index (χ4n) is 5.75. The van der Waals surface area contributed by atoms with Crippen LogP contribution in [-0.2, 0) is 9.47 Å². The second-order valence-electron chi connectivity index (χ2n) is 14.4. The Morgan fingerprint density at radius 3 is 1.34 bits per heavy atom. The van der Waals surface area contributed by atoms with Gasteiger partial charge in [0.05, 0.1) is 75.8 Å². The van der Waals surface area contributed by atoms with E-state index in [1.807, 2.05) is 0 Å². The number of carboxylic acid groups (broad SMARTS) is 1. The predicted octanol–water partition coefficient (Wildman–Crippen LogP) is 7.37. The number of hydrogen-bond acceptors (Lipinski definition) is 20. The Morgan fingerprint density at radius 2 is 0.974 bits per heavy atom. The molecule has 29 nitrogen and oxygen atoms in total. The van der Waals surface area contributed by atoms with Crippen molar-refractivity contribution in [3.63, 3.8) is 0 Å². The molecule has 9 aromatic rings. The molecule has 0 aliphatic heterocycles. The molecule has 0 saturated carbocycles. The number of aromatic nitrogens is 9.